The van der Waals surface area contributed by atoms with Crippen LogP contribution in [-0.2, 0) is 0 Å². The highest BCUT2D eigenvalue weighted by Crippen LogP contribution is 2.27. The zero-order valence-corrected chi connectivity index (χ0v) is 11.4. The maximum Gasteiger partial charge on any atom is 0.251 e. The van der Waals surface area contributed by atoms with Crippen molar-refractivity contribution in [3.05, 3.63) is 23.8 Å². The molecule has 0 fully saturated rings. The Morgan fingerprint density at radius 3 is 2.50 bits per heavy atom. The average molecular weight is 251 g/mol. The summed E-state index contributed by atoms with van der Waals surface area (Å²) in [5, 5.41) is 2.95. The second-order valence-corrected chi connectivity index (χ2v) is 4.23. The third kappa shape index (κ3) is 3.65. The number of hydrogen-bond acceptors (Lipinski definition) is 3. The Hall–Kier alpha value is -1.71. The molecule has 18 heavy (non-hydrogen) atoms. The Kier molecular flexibility index (Phi) is 5.49. The molecule has 1 rings (SSSR count). The summed E-state index contributed by atoms with van der Waals surface area (Å²) in [4.78, 5) is 12.0. The van der Waals surface area contributed by atoms with Crippen LogP contribution in [0, 0.1) is 0 Å². The van der Waals surface area contributed by atoms with Crippen LogP contribution in [0.4, 0.5) is 0 Å². The van der Waals surface area contributed by atoms with Gasteiger partial charge in [0, 0.05) is 11.6 Å². The Labute approximate surface area is 108 Å². The molecule has 1 aromatic carbocycles. The molecule has 0 heterocycles. The molecule has 0 aliphatic carbocycles. The van der Waals surface area contributed by atoms with E-state index in [1.807, 2.05) is 6.92 Å². The molecule has 0 radical (unpaired) electrons. The highest BCUT2D eigenvalue weighted by Gasteiger charge is 2.12. The van der Waals surface area contributed by atoms with Gasteiger partial charge in [-0.1, -0.05) is 13.3 Å². The van der Waals surface area contributed by atoms with Crippen LogP contribution >= 0.6 is 0 Å². The molecule has 0 aliphatic rings. The van der Waals surface area contributed by atoms with Crippen molar-refractivity contribution in [1.82, 2.24) is 5.32 Å². The monoisotopic (exact) mass is 251 g/mol. The smallest absolute Gasteiger partial charge is 0.251 e. The normalized spacial score (nSPS) is 11.8. The van der Waals surface area contributed by atoms with E-state index in [0.717, 1.165) is 12.8 Å². The third-order valence-corrected chi connectivity index (χ3v) is 2.74. The lowest BCUT2D eigenvalue weighted by Crippen LogP contribution is -2.32. The molecular formula is C14H21NO3. The fourth-order valence-corrected chi connectivity index (χ4v) is 1.79. The van der Waals surface area contributed by atoms with Gasteiger partial charge < -0.3 is 14.8 Å². The molecule has 0 bridgehead atoms. The van der Waals surface area contributed by atoms with Crippen molar-refractivity contribution in [2.45, 2.75) is 32.7 Å². The molecule has 0 saturated carbocycles. The number of carbonyl (C=O) groups excluding carboxylic acids is 1. The number of carbonyl (C=O) groups is 1. The summed E-state index contributed by atoms with van der Waals surface area (Å²) in [6, 6.07) is 5.33. The van der Waals surface area contributed by atoms with Gasteiger partial charge in [-0.3, -0.25) is 4.79 Å². The maximum absolute atomic E-state index is 12.0. The molecule has 4 heteroatoms. The minimum absolute atomic E-state index is 0.0862. The van der Waals surface area contributed by atoms with E-state index < -0.39 is 0 Å². The van der Waals surface area contributed by atoms with E-state index in [2.05, 4.69) is 12.2 Å². The van der Waals surface area contributed by atoms with Gasteiger partial charge in [0.2, 0.25) is 0 Å². The molecule has 0 aliphatic heterocycles. The molecule has 1 aromatic rings. The van der Waals surface area contributed by atoms with Gasteiger partial charge in [0.05, 0.1) is 14.2 Å². The first-order valence-electron chi connectivity index (χ1n) is 6.15. The summed E-state index contributed by atoms with van der Waals surface area (Å²) in [6.45, 7) is 4.10. The predicted molar refractivity (Wildman–Crippen MR) is 71.4 cm³/mol. The highest BCUT2D eigenvalue weighted by molar-refractivity contribution is 5.95. The lowest BCUT2D eigenvalue weighted by Gasteiger charge is -2.14. The van der Waals surface area contributed by atoms with Crippen LogP contribution in [0.5, 0.6) is 11.5 Å². The van der Waals surface area contributed by atoms with Gasteiger partial charge in [-0.2, -0.15) is 0 Å². The molecule has 0 aromatic heterocycles. The Morgan fingerprint density at radius 2 is 1.94 bits per heavy atom. The predicted octanol–water partition coefficient (Wildman–Crippen LogP) is 2.62. The number of methoxy groups -OCH3 is 2. The van der Waals surface area contributed by atoms with Crippen molar-refractivity contribution in [2.75, 3.05) is 14.2 Å². The van der Waals surface area contributed by atoms with E-state index in [1.165, 1.54) is 0 Å². The van der Waals surface area contributed by atoms with Crippen molar-refractivity contribution >= 4 is 5.91 Å². The third-order valence-electron chi connectivity index (χ3n) is 2.74. The van der Waals surface area contributed by atoms with Gasteiger partial charge in [-0.15, -0.1) is 0 Å². The number of rotatable bonds is 6. The van der Waals surface area contributed by atoms with Gasteiger partial charge in [0.1, 0.15) is 0 Å². The number of hydrogen-bond donors (Lipinski definition) is 1. The van der Waals surface area contributed by atoms with Crippen molar-refractivity contribution < 1.29 is 14.3 Å². The van der Waals surface area contributed by atoms with Crippen LogP contribution in [0.3, 0.4) is 0 Å². The Balaban J connectivity index is 2.80. The van der Waals surface area contributed by atoms with Gasteiger partial charge in [0.25, 0.3) is 5.91 Å². The molecule has 0 saturated heterocycles. The number of benzene rings is 1. The second kappa shape index (κ2) is 6.89. The topological polar surface area (TPSA) is 47.6 Å². The summed E-state index contributed by atoms with van der Waals surface area (Å²) in [7, 11) is 3.13. The lowest BCUT2D eigenvalue weighted by atomic mass is 10.1. The molecule has 1 unspecified atom stereocenters. The van der Waals surface area contributed by atoms with E-state index in [1.54, 1.807) is 32.4 Å². The SMILES string of the molecule is CCCC(C)NC(=O)c1ccc(OC)c(OC)c1. The van der Waals surface area contributed by atoms with Gasteiger partial charge in [-0.05, 0) is 31.5 Å². The highest BCUT2D eigenvalue weighted by atomic mass is 16.5. The first-order valence-corrected chi connectivity index (χ1v) is 6.15. The van der Waals surface area contributed by atoms with Crippen LogP contribution in [0.25, 0.3) is 0 Å². The minimum atomic E-state index is -0.0862. The quantitative estimate of drug-likeness (QED) is 0.845. The van der Waals surface area contributed by atoms with Crippen LogP contribution in [0.15, 0.2) is 18.2 Å². The zero-order chi connectivity index (χ0) is 13.5. The fourth-order valence-electron chi connectivity index (χ4n) is 1.79. The molecule has 0 spiro atoms. The van der Waals surface area contributed by atoms with Crippen LogP contribution < -0.4 is 14.8 Å². The van der Waals surface area contributed by atoms with E-state index >= 15 is 0 Å². The standard InChI is InChI=1S/C14H21NO3/c1-5-6-10(2)15-14(16)11-7-8-12(17-3)13(9-11)18-4/h7-10H,5-6H2,1-4H3,(H,15,16). The van der Waals surface area contributed by atoms with Gasteiger partial charge in [-0.25, -0.2) is 0 Å². The first kappa shape index (κ1) is 14.4. The lowest BCUT2D eigenvalue weighted by molar-refractivity contribution is 0.0938. The van der Waals surface area contributed by atoms with Crippen LogP contribution in [0.1, 0.15) is 37.0 Å². The summed E-state index contributed by atoms with van der Waals surface area (Å²) in [5.41, 5.74) is 0.579. The minimum Gasteiger partial charge on any atom is -0.493 e. The van der Waals surface area contributed by atoms with E-state index in [0.29, 0.717) is 17.1 Å². The molecule has 1 amide bonds. The number of amides is 1. The van der Waals surface area contributed by atoms with E-state index in [9.17, 15) is 4.79 Å². The molecule has 100 valence electrons. The molecular weight excluding hydrogens is 230 g/mol. The second-order valence-electron chi connectivity index (χ2n) is 4.23. The first-order chi connectivity index (χ1) is 8.62. The average Bonchev–Trinajstić information content (AvgIpc) is 2.38. The fraction of sp³-hybridized carbons (Fsp3) is 0.500. The Morgan fingerprint density at radius 1 is 1.28 bits per heavy atom. The van der Waals surface area contributed by atoms with E-state index in [-0.39, 0.29) is 11.9 Å². The zero-order valence-electron chi connectivity index (χ0n) is 11.4. The summed E-state index contributed by atoms with van der Waals surface area (Å²) >= 11 is 0. The molecule has 4 nitrogen and oxygen atoms in total. The molecule has 1 N–H and O–H groups in total. The van der Waals surface area contributed by atoms with Crippen molar-refractivity contribution in [3.8, 4) is 11.5 Å². The van der Waals surface area contributed by atoms with Gasteiger partial charge >= 0.3 is 0 Å². The number of ether oxygens (including phenoxy) is 2. The summed E-state index contributed by atoms with van der Waals surface area (Å²) in [6.07, 6.45) is 2.02. The van der Waals surface area contributed by atoms with Crippen molar-refractivity contribution in [1.29, 1.82) is 0 Å². The van der Waals surface area contributed by atoms with Crippen molar-refractivity contribution in [3.63, 3.8) is 0 Å². The van der Waals surface area contributed by atoms with E-state index in [4.69, 9.17) is 9.47 Å². The van der Waals surface area contributed by atoms with Gasteiger partial charge in [0.15, 0.2) is 11.5 Å². The summed E-state index contributed by atoms with van der Waals surface area (Å²) < 4.78 is 10.3. The van der Waals surface area contributed by atoms with Crippen LogP contribution in [0.2, 0.25) is 0 Å². The maximum atomic E-state index is 12.0. The Bertz CT molecular complexity index is 404. The number of nitrogens with one attached hydrogen (secondary N) is 1. The summed E-state index contributed by atoms with van der Waals surface area (Å²) in [5.74, 6) is 1.10. The largest absolute Gasteiger partial charge is 0.493 e. The molecule has 1 atom stereocenters. The van der Waals surface area contributed by atoms with Crippen LogP contribution in [-0.4, -0.2) is 26.2 Å². The van der Waals surface area contributed by atoms with Crippen molar-refractivity contribution in [2.24, 2.45) is 0 Å².